The normalized spacial score (nSPS) is 19.2. The van der Waals surface area contributed by atoms with Crippen molar-refractivity contribution in [2.45, 2.75) is 27.3 Å². The number of benzene rings is 1. The fourth-order valence-corrected chi connectivity index (χ4v) is 3.05. The highest BCUT2D eigenvalue weighted by Gasteiger charge is 2.22. The second kappa shape index (κ2) is 5.53. The Balaban J connectivity index is 1.74. The van der Waals surface area contributed by atoms with Gasteiger partial charge in [0.25, 0.3) is 0 Å². The maximum atomic E-state index is 4.13. The van der Waals surface area contributed by atoms with Crippen molar-refractivity contribution in [2.75, 3.05) is 19.6 Å². The smallest absolute Gasteiger partial charge is 0.0391 e. The summed E-state index contributed by atoms with van der Waals surface area (Å²) < 4.78 is 0. The van der Waals surface area contributed by atoms with Gasteiger partial charge in [0.2, 0.25) is 0 Å². The van der Waals surface area contributed by atoms with Gasteiger partial charge >= 0.3 is 0 Å². The molecule has 2 aliphatic heterocycles. The number of rotatable bonds is 2. The summed E-state index contributed by atoms with van der Waals surface area (Å²) in [6.07, 6.45) is 4.48. The van der Waals surface area contributed by atoms with Crippen molar-refractivity contribution in [2.24, 2.45) is 0 Å². The van der Waals surface area contributed by atoms with Gasteiger partial charge in [-0.1, -0.05) is 30.3 Å². The van der Waals surface area contributed by atoms with E-state index in [9.17, 15) is 0 Å². The second-order valence-corrected chi connectivity index (χ2v) is 6.31. The molecule has 2 nitrogen and oxygen atoms in total. The molecule has 110 valence electrons. The van der Waals surface area contributed by atoms with Crippen LogP contribution >= 0.6 is 0 Å². The second-order valence-electron chi connectivity index (χ2n) is 6.31. The van der Waals surface area contributed by atoms with Crippen LogP contribution in [0.2, 0.25) is 0 Å². The predicted molar refractivity (Wildman–Crippen MR) is 88.9 cm³/mol. The van der Waals surface area contributed by atoms with E-state index in [4.69, 9.17) is 0 Å². The zero-order valence-electron chi connectivity index (χ0n) is 13.3. The number of nitrogens with zero attached hydrogens (tertiary/aromatic N) is 2. The number of allylic oxidation sites excluding steroid dienone is 3. The van der Waals surface area contributed by atoms with Gasteiger partial charge < -0.3 is 4.90 Å². The minimum atomic E-state index is 1.01. The quantitative estimate of drug-likeness (QED) is 0.813. The Morgan fingerprint density at radius 1 is 1.14 bits per heavy atom. The number of fused-ring (bicyclic) bond motifs is 1. The summed E-state index contributed by atoms with van der Waals surface area (Å²) in [5.41, 5.74) is 7.99. The van der Waals surface area contributed by atoms with Crippen LogP contribution in [-0.4, -0.2) is 29.4 Å². The van der Waals surface area contributed by atoms with Crippen LogP contribution in [0.25, 0.3) is 0 Å². The summed E-state index contributed by atoms with van der Waals surface area (Å²) in [5, 5.41) is 0. The molecule has 2 heteroatoms. The van der Waals surface area contributed by atoms with Crippen molar-refractivity contribution >= 4 is 0 Å². The number of piperazine rings is 1. The first-order chi connectivity index (χ1) is 10.0. The zero-order chi connectivity index (χ0) is 15.0. The van der Waals surface area contributed by atoms with E-state index < -0.39 is 0 Å². The van der Waals surface area contributed by atoms with Crippen molar-refractivity contribution in [3.8, 4) is 0 Å². The maximum Gasteiger partial charge on any atom is 0.0391 e. The van der Waals surface area contributed by atoms with E-state index in [2.05, 4.69) is 67.6 Å². The van der Waals surface area contributed by atoms with Gasteiger partial charge in [0, 0.05) is 38.1 Å². The van der Waals surface area contributed by atoms with Crippen LogP contribution in [-0.2, 0) is 6.54 Å². The Hall–Kier alpha value is -1.80. The van der Waals surface area contributed by atoms with Crippen molar-refractivity contribution in [3.63, 3.8) is 0 Å². The molecule has 1 saturated heterocycles. The molecule has 0 saturated carbocycles. The first kappa shape index (κ1) is 14.2. The number of hydrogen-bond acceptors (Lipinski definition) is 2. The maximum absolute atomic E-state index is 4.13. The highest BCUT2D eigenvalue weighted by atomic mass is 15.3. The number of hydrogen-bond donors (Lipinski definition) is 0. The molecule has 3 rings (SSSR count). The standard InChI is InChI=1S/C19H24N2/c1-14-5-6-15(2)18(9-14)12-20-7-8-21-11-17(4)16(3)10-19(21)13-20/h5-6,9-11H,3,7-8,12-13H2,1-2,4H3. The molecule has 0 radical (unpaired) electrons. The fourth-order valence-electron chi connectivity index (χ4n) is 3.05. The third-order valence-electron chi connectivity index (χ3n) is 4.51. The van der Waals surface area contributed by atoms with Gasteiger partial charge in [-0.05, 0) is 49.1 Å². The third kappa shape index (κ3) is 2.96. The van der Waals surface area contributed by atoms with Crippen LogP contribution < -0.4 is 0 Å². The molecule has 0 bridgehead atoms. The van der Waals surface area contributed by atoms with Crippen molar-refractivity contribution in [3.05, 3.63) is 70.6 Å². The van der Waals surface area contributed by atoms with E-state index in [-0.39, 0.29) is 0 Å². The Morgan fingerprint density at radius 2 is 1.95 bits per heavy atom. The molecule has 1 fully saturated rings. The van der Waals surface area contributed by atoms with E-state index in [1.165, 1.54) is 28.0 Å². The van der Waals surface area contributed by atoms with Crippen LogP contribution in [0.3, 0.4) is 0 Å². The summed E-state index contributed by atoms with van der Waals surface area (Å²) >= 11 is 0. The topological polar surface area (TPSA) is 6.48 Å². The summed E-state index contributed by atoms with van der Waals surface area (Å²) in [6, 6.07) is 6.74. The molecule has 2 heterocycles. The van der Waals surface area contributed by atoms with Gasteiger partial charge in [0.05, 0.1) is 0 Å². The molecule has 1 aromatic carbocycles. The van der Waals surface area contributed by atoms with Crippen molar-refractivity contribution < 1.29 is 0 Å². The molecule has 0 aliphatic carbocycles. The van der Waals surface area contributed by atoms with E-state index in [1.54, 1.807) is 0 Å². The molecule has 1 aromatic rings. The van der Waals surface area contributed by atoms with Crippen LogP contribution in [0.15, 0.2) is 53.9 Å². The molecule has 2 aliphatic rings. The minimum absolute atomic E-state index is 1.01. The lowest BCUT2D eigenvalue weighted by Crippen LogP contribution is -2.43. The molecular weight excluding hydrogens is 256 g/mol. The highest BCUT2D eigenvalue weighted by Crippen LogP contribution is 2.26. The third-order valence-corrected chi connectivity index (χ3v) is 4.51. The van der Waals surface area contributed by atoms with Gasteiger partial charge in [-0.25, -0.2) is 0 Å². The first-order valence-electron chi connectivity index (χ1n) is 7.66. The average Bonchev–Trinajstić information content (AvgIpc) is 2.44. The van der Waals surface area contributed by atoms with Gasteiger partial charge in [0.1, 0.15) is 0 Å². The van der Waals surface area contributed by atoms with E-state index >= 15 is 0 Å². The molecular formula is C19H24N2. The molecule has 0 N–H and O–H groups in total. The van der Waals surface area contributed by atoms with Crippen LogP contribution in [0.5, 0.6) is 0 Å². The summed E-state index contributed by atoms with van der Waals surface area (Å²) in [5.74, 6) is 0. The minimum Gasteiger partial charge on any atom is -0.349 e. The van der Waals surface area contributed by atoms with E-state index in [1.807, 2.05) is 0 Å². The Kier molecular flexibility index (Phi) is 3.73. The lowest BCUT2D eigenvalue weighted by molar-refractivity contribution is 0.200. The lowest BCUT2D eigenvalue weighted by Gasteiger charge is -2.39. The van der Waals surface area contributed by atoms with E-state index in [0.29, 0.717) is 0 Å². The van der Waals surface area contributed by atoms with Crippen LogP contribution in [0.1, 0.15) is 23.6 Å². The van der Waals surface area contributed by atoms with Gasteiger partial charge in [-0.3, -0.25) is 4.90 Å². The lowest BCUT2D eigenvalue weighted by atomic mass is 10.0. The predicted octanol–water partition coefficient (Wildman–Crippen LogP) is 3.78. The zero-order valence-corrected chi connectivity index (χ0v) is 13.3. The van der Waals surface area contributed by atoms with Gasteiger partial charge in [0.15, 0.2) is 0 Å². The molecule has 0 unspecified atom stereocenters. The SMILES string of the molecule is C=C1C=C2CN(Cc3cc(C)ccc3C)CCN2C=C1C. The summed E-state index contributed by atoms with van der Waals surface area (Å²) in [7, 11) is 0. The fraction of sp³-hybridized carbons (Fsp3) is 0.368. The van der Waals surface area contributed by atoms with Gasteiger partial charge in [-0.2, -0.15) is 0 Å². The monoisotopic (exact) mass is 280 g/mol. The highest BCUT2D eigenvalue weighted by molar-refractivity contribution is 5.42. The average molecular weight is 280 g/mol. The largest absolute Gasteiger partial charge is 0.349 e. The van der Waals surface area contributed by atoms with Crippen LogP contribution in [0, 0.1) is 13.8 Å². The van der Waals surface area contributed by atoms with Gasteiger partial charge in [-0.15, -0.1) is 0 Å². The Labute approximate surface area is 128 Å². The van der Waals surface area contributed by atoms with Crippen molar-refractivity contribution in [1.29, 1.82) is 0 Å². The number of aryl methyl sites for hydroxylation is 2. The Bertz CT molecular complexity index is 637. The van der Waals surface area contributed by atoms with E-state index in [0.717, 1.165) is 31.8 Å². The molecule has 0 amide bonds. The Morgan fingerprint density at radius 3 is 2.76 bits per heavy atom. The molecule has 0 spiro atoms. The van der Waals surface area contributed by atoms with Crippen LogP contribution in [0.4, 0.5) is 0 Å². The molecule has 21 heavy (non-hydrogen) atoms. The summed E-state index contributed by atoms with van der Waals surface area (Å²) in [4.78, 5) is 4.91. The van der Waals surface area contributed by atoms with Crippen molar-refractivity contribution in [1.82, 2.24) is 9.80 Å². The summed E-state index contributed by atoms with van der Waals surface area (Å²) in [6.45, 7) is 14.9. The molecule has 0 atom stereocenters. The molecule has 0 aromatic heterocycles. The first-order valence-corrected chi connectivity index (χ1v) is 7.66.